The summed E-state index contributed by atoms with van der Waals surface area (Å²) in [5, 5.41) is 0. The third-order valence-electron chi connectivity index (χ3n) is 2.97. The number of hydrogen-bond donors (Lipinski definition) is 0. The van der Waals surface area contributed by atoms with Crippen LogP contribution in [-0.2, 0) is 9.05 Å². The van der Waals surface area contributed by atoms with Crippen molar-refractivity contribution in [2.45, 2.75) is 45.4 Å². The van der Waals surface area contributed by atoms with E-state index < -0.39 is 8.53 Å². The Balaban J connectivity index is 2.12. The highest BCUT2D eigenvalue weighted by Crippen LogP contribution is 2.57. The van der Waals surface area contributed by atoms with E-state index in [2.05, 4.69) is 63.7 Å². The van der Waals surface area contributed by atoms with Crippen molar-refractivity contribution >= 4 is 8.53 Å². The average Bonchev–Trinajstić information content (AvgIpc) is 2.57. The molecule has 2 rings (SSSR count). The smallest absolute Gasteiger partial charge is 0.260 e. The van der Waals surface area contributed by atoms with Gasteiger partial charge in [0.1, 0.15) is 6.10 Å². The molecule has 0 amide bonds. The molecule has 1 aromatic carbocycles. The van der Waals surface area contributed by atoms with Crippen LogP contribution in [0, 0.1) is 0 Å². The summed E-state index contributed by atoms with van der Waals surface area (Å²) < 4.78 is 14.3. The van der Waals surface area contributed by atoms with Gasteiger partial charge in [-0.25, -0.2) is 4.67 Å². The van der Waals surface area contributed by atoms with Gasteiger partial charge in [-0.15, -0.1) is 0 Å². The SMILES string of the molecule is C[C@H]1[C@@H](c2ccccc2)OP(OC(C)(C)C)N1C. The third-order valence-corrected chi connectivity index (χ3v) is 4.96. The molecule has 100 valence electrons. The fourth-order valence-electron chi connectivity index (χ4n) is 1.91. The van der Waals surface area contributed by atoms with Gasteiger partial charge in [-0.2, -0.15) is 0 Å². The summed E-state index contributed by atoms with van der Waals surface area (Å²) in [6.45, 7) is 8.37. The average molecular weight is 267 g/mol. The van der Waals surface area contributed by atoms with E-state index in [9.17, 15) is 0 Å². The summed E-state index contributed by atoms with van der Waals surface area (Å²) in [6, 6.07) is 10.7. The summed E-state index contributed by atoms with van der Waals surface area (Å²) in [4.78, 5) is 0. The molecule has 1 fully saturated rings. The highest BCUT2D eigenvalue weighted by Gasteiger charge is 2.41. The van der Waals surface area contributed by atoms with Crippen molar-refractivity contribution in [1.82, 2.24) is 4.67 Å². The summed E-state index contributed by atoms with van der Waals surface area (Å²) in [6.07, 6.45) is 0.102. The van der Waals surface area contributed by atoms with Gasteiger partial charge in [0.05, 0.1) is 5.60 Å². The largest absolute Gasteiger partial charge is 0.316 e. The highest BCUT2D eigenvalue weighted by atomic mass is 31.2. The molecule has 0 aliphatic carbocycles. The van der Waals surface area contributed by atoms with E-state index >= 15 is 0 Å². The lowest BCUT2D eigenvalue weighted by molar-refractivity contribution is 0.110. The maximum atomic E-state index is 6.12. The summed E-state index contributed by atoms with van der Waals surface area (Å²) in [5.74, 6) is 0. The minimum absolute atomic E-state index is 0.102. The van der Waals surface area contributed by atoms with E-state index in [-0.39, 0.29) is 11.7 Å². The second kappa shape index (κ2) is 5.26. The highest BCUT2D eigenvalue weighted by molar-refractivity contribution is 7.44. The maximum absolute atomic E-state index is 6.12. The Morgan fingerprint density at radius 2 is 1.83 bits per heavy atom. The van der Waals surface area contributed by atoms with Gasteiger partial charge in [0, 0.05) is 6.04 Å². The molecule has 1 saturated heterocycles. The lowest BCUT2D eigenvalue weighted by Crippen LogP contribution is -2.25. The Bertz CT molecular complexity index is 391. The van der Waals surface area contributed by atoms with Gasteiger partial charge in [0.2, 0.25) is 0 Å². The standard InChI is InChI=1S/C14H22NO2P/c1-11-13(12-9-7-6-8-10-12)16-18(15(11)5)17-14(2,3)4/h6-11,13H,1-5H3/t11-,13-,18?/m0/s1. The molecular formula is C14H22NO2P. The van der Waals surface area contributed by atoms with Gasteiger partial charge >= 0.3 is 0 Å². The molecule has 0 radical (unpaired) electrons. The summed E-state index contributed by atoms with van der Waals surface area (Å²) in [7, 11) is 1.11. The lowest BCUT2D eigenvalue weighted by Gasteiger charge is -2.26. The lowest BCUT2D eigenvalue weighted by atomic mass is 10.0. The van der Waals surface area contributed by atoms with E-state index in [0.29, 0.717) is 6.04 Å². The molecule has 0 aromatic heterocycles. The maximum Gasteiger partial charge on any atom is 0.260 e. The molecule has 0 saturated carbocycles. The van der Waals surface area contributed by atoms with Crippen molar-refractivity contribution in [3.63, 3.8) is 0 Å². The van der Waals surface area contributed by atoms with Crippen LogP contribution in [-0.4, -0.2) is 23.4 Å². The molecule has 1 unspecified atom stereocenters. The Hall–Kier alpha value is -0.470. The number of benzene rings is 1. The molecule has 0 N–H and O–H groups in total. The predicted molar refractivity (Wildman–Crippen MR) is 75.3 cm³/mol. The molecule has 4 heteroatoms. The number of nitrogens with zero attached hydrogens (tertiary/aromatic N) is 1. The number of rotatable bonds is 2. The quantitative estimate of drug-likeness (QED) is 0.752. The third kappa shape index (κ3) is 3.10. The number of hydrogen-bond acceptors (Lipinski definition) is 3. The van der Waals surface area contributed by atoms with Crippen molar-refractivity contribution in [3.8, 4) is 0 Å². The van der Waals surface area contributed by atoms with Gasteiger partial charge in [-0.05, 0) is 40.3 Å². The van der Waals surface area contributed by atoms with E-state index in [1.54, 1.807) is 0 Å². The van der Waals surface area contributed by atoms with Crippen LogP contribution < -0.4 is 0 Å². The molecular weight excluding hydrogens is 245 g/mol. The van der Waals surface area contributed by atoms with Crippen LogP contribution in [0.15, 0.2) is 30.3 Å². The van der Waals surface area contributed by atoms with Crippen molar-refractivity contribution in [2.24, 2.45) is 0 Å². The van der Waals surface area contributed by atoms with Gasteiger partial charge in [-0.3, -0.25) is 0 Å². The van der Waals surface area contributed by atoms with Gasteiger partial charge < -0.3 is 9.05 Å². The fourth-order valence-corrected chi connectivity index (χ4v) is 3.61. The molecule has 1 aliphatic rings. The fraction of sp³-hybridized carbons (Fsp3) is 0.571. The van der Waals surface area contributed by atoms with Crippen LogP contribution in [0.2, 0.25) is 0 Å². The Morgan fingerprint density at radius 3 is 2.39 bits per heavy atom. The monoisotopic (exact) mass is 267 g/mol. The summed E-state index contributed by atoms with van der Waals surface area (Å²) >= 11 is 0. The van der Waals surface area contributed by atoms with Crippen LogP contribution >= 0.6 is 8.53 Å². The molecule has 0 bridgehead atoms. The Morgan fingerprint density at radius 1 is 1.22 bits per heavy atom. The van der Waals surface area contributed by atoms with E-state index in [0.717, 1.165) is 0 Å². The minimum Gasteiger partial charge on any atom is -0.316 e. The Kier molecular flexibility index (Phi) is 4.08. The molecule has 1 aromatic rings. The van der Waals surface area contributed by atoms with Crippen molar-refractivity contribution < 1.29 is 9.05 Å². The first-order valence-corrected chi connectivity index (χ1v) is 7.45. The first-order valence-electron chi connectivity index (χ1n) is 6.32. The zero-order valence-corrected chi connectivity index (χ0v) is 12.6. The van der Waals surface area contributed by atoms with E-state index in [1.807, 2.05) is 6.07 Å². The van der Waals surface area contributed by atoms with Gasteiger partial charge in [0.25, 0.3) is 8.53 Å². The normalized spacial score (nSPS) is 29.7. The summed E-state index contributed by atoms with van der Waals surface area (Å²) in [5.41, 5.74) is 1.05. The first-order chi connectivity index (χ1) is 8.38. The van der Waals surface area contributed by atoms with Crippen LogP contribution in [0.5, 0.6) is 0 Å². The number of likely N-dealkylation sites (N-methyl/N-ethyl adjacent to an activating group) is 1. The molecule has 18 heavy (non-hydrogen) atoms. The second-order valence-electron chi connectivity index (χ2n) is 5.69. The van der Waals surface area contributed by atoms with Crippen LogP contribution in [0.4, 0.5) is 0 Å². The minimum atomic E-state index is -0.963. The molecule has 0 spiro atoms. The topological polar surface area (TPSA) is 21.7 Å². The van der Waals surface area contributed by atoms with Crippen molar-refractivity contribution in [1.29, 1.82) is 0 Å². The molecule has 1 heterocycles. The van der Waals surface area contributed by atoms with E-state index in [1.165, 1.54) is 5.56 Å². The molecule has 3 atom stereocenters. The second-order valence-corrected chi connectivity index (χ2v) is 7.19. The zero-order chi connectivity index (χ0) is 13.3. The van der Waals surface area contributed by atoms with Crippen LogP contribution in [0.1, 0.15) is 39.4 Å². The Labute approximate surface area is 111 Å². The van der Waals surface area contributed by atoms with Crippen LogP contribution in [0.25, 0.3) is 0 Å². The van der Waals surface area contributed by atoms with Gasteiger partial charge in [0.15, 0.2) is 0 Å². The first kappa shape index (κ1) is 14.0. The van der Waals surface area contributed by atoms with Crippen LogP contribution in [0.3, 0.4) is 0 Å². The zero-order valence-electron chi connectivity index (χ0n) is 11.8. The van der Waals surface area contributed by atoms with Gasteiger partial charge in [-0.1, -0.05) is 30.3 Å². The van der Waals surface area contributed by atoms with Crippen molar-refractivity contribution in [3.05, 3.63) is 35.9 Å². The molecule has 1 aliphatic heterocycles. The molecule has 3 nitrogen and oxygen atoms in total. The van der Waals surface area contributed by atoms with E-state index in [4.69, 9.17) is 9.05 Å². The van der Waals surface area contributed by atoms with Crippen molar-refractivity contribution in [2.75, 3.05) is 7.05 Å². The predicted octanol–water partition coefficient (Wildman–Crippen LogP) is 4.12.